The molecule has 0 aromatic rings. The summed E-state index contributed by atoms with van der Waals surface area (Å²) in [5.74, 6) is -0.167. The second kappa shape index (κ2) is 45.3. The molecule has 3 atom stereocenters. The van der Waals surface area contributed by atoms with E-state index in [2.05, 4.69) is 55.6 Å². The van der Waals surface area contributed by atoms with Crippen molar-refractivity contribution in [2.24, 2.45) is 5.73 Å². The van der Waals surface area contributed by atoms with E-state index in [4.69, 9.17) is 14.8 Å². The lowest BCUT2D eigenvalue weighted by atomic mass is 10.0. The fourth-order valence-electron chi connectivity index (χ4n) is 7.26. The molecule has 0 heterocycles. The highest BCUT2D eigenvalue weighted by atomic mass is 31.2. The van der Waals surface area contributed by atoms with Gasteiger partial charge in [0.15, 0.2) is 0 Å². The van der Waals surface area contributed by atoms with Crippen molar-refractivity contribution in [1.82, 2.24) is 5.32 Å². The van der Waals surface area contributed by atoms with Crippen molar-refractivity contribution in [3.8, 4) is 0 Å². The van der Waals surface area contributed by atoms with Crippen LogP contribution in [-0.2, 0) is 18.4 Å². The standard InChI is InChI=1S/C49H95N2O6P/c1-3-5-7-9-11-13-15-17-19-21-22-23-24-25-26-27-29-31-33-35-37-39-41-43-49(53)51-47(46-57-58(54,55)56-45-44-50)48(52)42-40-38-36-34-32-30-28-20-18-16-14-12-10-8-6-4-2/h15,17,21-22,24-25,47-48,52H,3-14,16,18-20,23,26-46,50H2,1-2H3,(H,51,53)(H,54,55)/b17-15-,22-21-,25-24-. The molecule has 0 saturated heterocycles. The largest absolute Gasteiger partial charge is 0.472 e. The number of hydrogen-bond donors (Lipinski definition) is 4. The molecule has 342 valence electrons. The van der Waals surface area contributed by atoms with E-state index in [-0.39, 0.29) is 25.7 Å². The van der Waals surface area contributed by atoms with Crippen molar-refractivity contribution >= 4 is 13.7 Å². The Morgan fingerprint density at radius 3 is 1.38 bits per heavy atom. The number of rotatable bonds is 46. The third kappa shape index (κ3) is 42.8. The second-order valence-corrected chi connectivity index (χ2v) is 18.1. The Balaban J connectivity index is 4.09. The van der Waals surface area contributed by atoms with Gasteiger partial charge in [-0.2, -0.15) is 0 Å². The van der Waals surface area contributed by atoms with Crippen molar-refractivity contribution < 1.29 is 28.4 Å². The molecule has 0 aromatic carbocycles. The number of nitrogens with one attached hydrogen (secondary N) is 1. The van der Waals surface area contributed by atoms with Gasteiger partial charge in [0.25, 0.3) is 0 Å². The van der Waals surface area contributed by atoms with Crippen molar-refractivity contribution in [2.75, 3.05) is 19.8 Å². The van der Waals surface area contributed by atoms with Gasteiger partial charge in [-0.1, -0.05) is 217 Å². The van der Waals surface area contributed by atoms with Crippen LogP contribution in [0, 0.1) is 0 Å². The first kappa shape index (κ1) is 56.7. The first-order chi connectivity index (χ1) is 28.4. The van der Waals surface area contributed by atoms with Crippen LogP contribution in [0.2, 0.25) is 0 Å². The van der Waals surface area contributed by atoms with Gasteiger partial charge in [0, 0.05) is 13.0 Å². The highest BCUT2D eigenvalue weighted by Crippen LogP contribution is 2.43. The number of unbranched alkanes of at least 4 members (excludes halogenated alkanes) is 28. The Kier molecular flexibility index (Phi) is 44.3. The molecule has 3 unspecified atom stereocenters. The van der Waals surface area contributed by atoms with Crippen molar-refractivity contribution in [3.63, 3.8) is 0 Å². The van der Waals surface area contributed by atoms with Gasteiger partial charge in [-0.3, -0.25) is 13.8 Å². The molecule has 0 aliphatic carbocycles. The maximum absolute atomic E-state index is 12.8. The van der Waals surface area contributed by atoms with Crippen LogP contribution < -0.4 is 11.1 Å². The van der Waals surface area contributed by atoms with Crippen LogP contribution >= 0.6 is 7.82 Å². The molecule has 5 N–H and O–H groups in total. The van der Waals surface area contributed by atoms with E-state index < -0.39 is 20.0 Å². The molecule has 1 amide bonds. The van der Waals surface area contributed by atoms with E-state index >= 15 is 0 Å². The Bertz CT molecular complexity index is 1010. The average Bonchev–Trinajstić information content (AvgIpc) is 3.21. The zero-order valence-corrected chi connectivity index (χ0v) is 38.9. The quantitative estimate of drug-likeness (QED) is 0.0273. The number of allylic oxidation sites excluding steroid dienone is 6. The van der Waals surface area contributed by atoms with Crippen LogP contribution in [-0.4, -0.2) is 47.8 Å². The fourth-order valence-corrected chi connectivity index (χ4v) is 8.02. The smallest absolute Gasteiger partial charge is 0.391 e. The third-order valence-electron chi connectivity index (χ3n) is 11.0. The lowest BCUT2D eigenvalue weighted by molar-refractivity contribution is -0.123. The van der Waals surface area contributed by atoms with Crippen molar-refractivity contribution in [2.45, 2.75) is 251 Å². The van der Waals surface area contributed by atoms with Crippen LogP contribution in [0.15, 0.2) is 36.5 Å². The topological polar surface area (TPSA) is 131 Å². The summed E-state index contributed by atoms with van der Waals surface area (Å²) >= 11 is 0. The van der Waals surface area contributed by atoms with E-state index in [1.165, 1.54) is 154 Å². The number of hydrogen-bond acceptors (Lipinski definition) is 6. The highest BCUT2D eigenvalue weighted by Gasteiger charge is 2.27. The van der Waals surface area contributed by atoms with Gasteiger partial charge in [0.1, 0.15) is 0 Å². The number of carbonyl (C=O) groups is 1. The lowest BCUT2D eigenvalue weighted by Crippen LogP contribution is -2.46. The van der Waals surface area contributed by atoms with E-state index in [9.17, 15) is 19.4 Å². The van der Waals surface area contributed by atoms with E-state index in [1.807, 2.05) is 0 Å². The molecule has 0 aliphatic heterocycles. The van der Waals surface area contributed by atoms with Crippen LogP contribution in [0.5, 0.6) is 0 Å². The van der Waals surface area contributed by atoms with Crippen molar-refractivity contribution in [3.05, 3.63) is 36.5 Å². The average molecular weight is 839 g/mol. The Hall–Kier alpha value is -1.28. The van der Waals surface area contributed by atoms with Crippen LogP contribution in [0.25, 0.3) is 0 Å². The lowest BCUT2D eigenvalue weighted by Gasteiger charge is -2.25. The molecule has 0 fully saturated rings. The van der Waals surface area contributed by atoms with Crippen LogP contribution in [0.1, 0.15) is 239 Å². The maximum atomic E-state index is 12.8. The van der Waals surface area contributed by atoms with Gasteiger partial charge in [-0.25, -0.2) is 4.57 Å². The number of amides is 1. The molecule has 0 aromatic heterocycles. The van der Waals surface area contributed by atoms with E-state index in [1.54, 1.807) is 0 Å². The van der Waals surface area contributed by atoms with Crippen molar-refractivity contribution in [1.29, 1.82) is 0 Å². The number of carbonyl (C=O) groups excluding carboxylic acids is 1. The fraction of sp³-hybridized carbons (Fsp3) is 0.857. The summed E-state index contributed by atoms with van der Waals surface area (Å²) in [6.07, 6.45) is 54.4. The molecule has 0 saturated carbocycles. The van der Waals surface area contributed by atoms with Gasteiger partial charge in [0.05, 0.1) is 25.4 Å². The van der Waals surface area contributed by atoms with Gasteiger partial charge >= 0.3 is 7.82 Å². The van der Waals surface area contributed by atoms with Gasteiger partial charge in [0.2, 0.25) is 5.91 Å². The van der Waals surface area contributed by atoms with Gasteiger partial charge in [-0.05, 0) is 51.4 Å². The van der Waals surface area contributed by atoms with Gasteiger partial charge < -0.3 is 21.1 Å². The minimum atomic E-state index is -4.32. The first-order valence-electron chi connectivity index (χ1n) is 24.6. The molecular formula is C49H95N2O6P. The minimum absolute atomic E-state index is 0.0872. The summed E-state index contributed by atoms with van der Waals surface area (Å²) in [7, 11) is -4.32. The predicted octanol–water partition coefficient (Wildman–Crippen LogP) is 14.3. The molecule has 0 aliphatic rings. The molecule has 0 bridgehead atoms. The zero-order valence-electron chi connectivity index (χ0n) is 38.0. The third-order valence-corrected chi connectivity index (χ3v) is 12.0. The molecule has 0 rings (SSSR count). The summed E-state index contributed by atoms with van der Waals surface area (Å²) in [5, 5.41) is 13.8. The monoisotopic (exact) mass is 839 g/mol. The molecular weight excluding hydrogens is 744 g/mol. The normalized spacial score (nSPS) is 14.2. The maximum Gasteiger partial charge on any atom is 0.472 e. The van der Waals surface area contributed by atoms with Gasteiger partial charge in [-0.15, -0.1) is 0 Å². The summed E-state index contributed by atoms with van der Waals surface area (Å²) < 4.78 is 22.2. The highest BCUT2D eigenvalue weighted by molar-refractivity contribution is 7.47. The second-order valence-electron chi connectivity index (χ2n) is 16.7. The van der Waals surface area contributed by atoms with Crippen LogP contribution in [0.3, 0.4) is 0 Å². The Morgan fingerprint density at radius 2 is 0.948 bits per heavy atom. The Morgan fingerprint density at radius 1 is 0.569 bits per heavy atom. The van der Waals surface area contributed by atoms with E-state index in [0.29, 0.717) is 12.8 Å². The number of nitrogens with two attached hydrogens (primary N) is 1. The summed E-state index contributed by atoms with van der Waals surface area (Å²) in [4.78, 5) is 22.8. The number of phosphoric acid groups is 1. The molecule has 8 nitrogen and oxygen atoms in total. The predicted molar refractivity (Wildman–Crippen MR) is 249 cm³/mol. The van der Waals surface area contributed by atoms with E-state index in [0.717, 1.165) is 57.8 Å². The zero-order chi connectivity index (χ0) is 42.5. The SMILES string of the molecule is CCCCCCC/C=C\C/C=C\C/C=C\CCCCCCCCCCC(=O)NC(COP(=O)(O)OCCN)C(O)CCCCCCCCCCCCCCCCCC. The Labute approximate surface area is 359 Å². The summed E-state index contributed by atoms with van der Waals surface area (Å²) in [6, 6.07) is -0.779. The van der Waals surface area contributed by atoms with Crippen LogP contribution in [0.4, 0.5) is 0 Å². The first-order valence-corrected chi connectivity index (χ1v) is 26.1. The minimum Gasteiger partial charge on any atom is -0.391 e. The molecule has 0 radical (unpaired) electrons. The summed E-state index contributed by atoms with van der Waals surface area (Å²) in [6.45, 7) is 4.21. The number of aliphatic hydroxyl groups is 1. The molecule has 0 spiro atoms. The number of aliphatic hydroxyl groups excluding tert-OH is 1. The number of phosphoric ester groups is 1. The molecule has 58 heavy (non-hydrogen) atoms. The molecule has 9 heteroatoms. The summed E-state index contributed by atoms with van der Waals surface area (Å²) in [5.41, 5.74) is 5.39.